The van der Waals surface area contributed by atoms with Crippen LogP contribution in [0.25, 0.3) is 0 Å². The summed E-state index contributed by atoms with van der Waals surface area (Å²) in [5.74, 6) is 2.65. The minimum Gasteiger partial charge on any atom is -0.299 e. The van der Waals surface area contributed by atoms with Crippen molar-refractivity contribution in [3.63, 3.8) is 0 Å². The van der Waals surface area contributed by atoms with Crippen molar-refractivity contribution in [2.45, 2.75) is 32.2 Å². The van der Waals surface area contributed by atoms with E-state index in [0.29, 0.717) is 12.6 Å². The number of hydrogen-bond donors (Lipinski definition) is 1. The highest BCUT2D eigenvalue weighted by molar-refractivity contribution is 5.35. The molecule has 15 heavy (non-hydrogen) atoms. The van der Waals surface area contributed by atoms with E-state index in [1.807, 2.05) is 0 Å². The number of aryl methyl sites for hydroxylation is 2. The lowest BCUT2D eigenvalue weighted by Crippen LogP contribution is -2.25. The molecule has 1 aromatic rings. The summed E-state index contributed by atoms with van der Waals surface area (Å²) in [6, 6.07) is 7.21. The number of benzene rings is 1. The normalized spacial score (nSPS) is 19.3. The van der Waals surface area contributed by atoms with Crippen LogP contribution in [0, 0.1) is 19.3 Å². The second-order valence-electron chi connectivity index (χ2n) is 4.23. The lowest BCUT2D eigenvalue weighted by atomic mass is 9.86. The summed E-state index contributed by atoms with van der Waals surface area (Å²) in [7, 11) is 0. The molecule has 1 aliphatic carbocycles. The molecule has 0 amide bonds. The van der Waals surface area contributed by atoms with Crippen LogP contribution in [0.4, 0.5) is 0 Å². The molecule has 1 nitrogen and oxygen atoms in total. The van der Waals surface area contributed by atoms with Gasteiger partial charge in [0.15, 0.2) is 0 Å². The maximum absolute atomic E-state index is 5.28. The van der Waals surface area contributed by atoms with Crippen molar-refractivity contribution in [3.8, 4) is 12.3 Å². The minimum absolute atomic E-state index is 0.463. The Kier molecular flexibility index (Phi) is 3.08. The summed E-state index contributed by atoms with van der Waals surface area (Å²) in [6.07, 6.45) is 8.96. The fraction of sp³-hybridized carbons (Fsp3) is 0.429. The third-order valence-electron chi connectivity index (χ3n) is 3.07. The first-order chi connectivity index (χ1) is 7.31. The monoisotopic (exact) mass is 199 g/mol. The van der Waals surface area contributed by atoms with Gasteiger partial charge in [0.05, 0.1) is 6.54 Å². The van der Waals surface area contributed by atoms with E-state index >= 15 is 0 Å². The Morgan fingerprint density at radius 1 is 1.53 bits per heavy atom. The molecule has 1 aliphatic rings. The van der Waals surface area contributed by atoms with Gasteiger partial charge in [0, 0.05) is 6.04 Å². The van der Waals surface area contributed by atoms with Crippen molar-refractivity contribution in [2.75, 3.05) is 6.54 Å². The molecule has 1 atom stereocenters. The van der Waals surface area contributed by atoms with Gasteiger partial charge in [0.25, 0.3) is 0 Å². The van der Waals surface area contributed by atoms with Gasteiger partial charge in [-0.1, -0.05) is 29.7 Å². The number of terminal acetylenes is 1. The van der Waals surface area contributed by atoms with Crippen molar-refractivity contribution in [3.05, 3.63) is 34.9 Å². The molecule has 78 valence electrons. The van der Waals surface area contributed by atoms with Gasteiger partial charge >= 0.3 is 0 Å². The Morgan fingerprint density at radius 2 is 2.40 bits per heavy atom. The van der Waals surface area contributed by atoms with E-state index in [1.165, 1.54) is 36.0 Å². The quantitative estimate of drug-likeness (QED) is 0.722. The zero-order chi connectivity index (χ0) is 10.7. The Morgan fingerprint density at radius 3 is 3.20 bits per heavy atom. The van der Waals surface area contributed by atoms with Gasteiger partial charge in [-0.2, -0.15) is 0 Å². The molecule has 0 radical (unpaired) electrons. The van der Waals surface area contributed by atoms with Crippen LogP contribution in [0.5, 0.6) is 0 Å². The van der Waals surface area contributed by atoms with Crippen LogP contribution in [0.3, 0.4) is 0 Å². The zero-order valence-corrected chi connectivity index (χ0v) is 9.22. The van der Waals surface area contributed by atoms with Crippen LogP contribution in [0.15, 0.2) is 18.2 Å². The summed E-state index contributed by atoms with van der Waals surface area (Å²) in [5.41, 5.74) is 4.28. The third kappa shape index (κ3) is 2.22. The fourth-order valence-electron chi connectivity index (χ4n) is 2.31. The largest absolute Gasteiger partial charge is 0.299 e. The lowest BCUT2D eigenvalue weighted by molar-refractivity contribution is 0.483. The molecule has 0 spiro atoms. The number of nitrogens with one attached hydrogen (secondary N) is 1. The lowest BCUT2D eigenvalue weighted by Gasteiger charge is -2.26. The maximum Gasteiger partial charge on any atom is 0.0578 e. The molecule has 2 rings (SSSR count). The first-order valence-corrected chi connectivity index (χ1v) is 5.57. The predicted molar refractivity (Wildman–Crippen MR) is 63.7 cm³/mol. The molecule has 0 bridgehead atoms. The number of fused-ring (bicyclic) bond motifs is 1. The molecule has 0 fully saturated rings. The number of rotatable bonds is 2. The molecule has 0 heterocycles. The smallest absolute Gasteiger partial charge is 0.0578 e. The summed E-state index contributed by atoms with van der Waals surface area (Å²) in [4.78, 5) is 0. The van der Waals surface area contributed by atoms with Crippen molar-refractivity contribution in [1.82, 2.24) is 5.32 Å². The van der Waals surface area contributed by atoms with E-state index in [1.54, 1.807) is 0 Å². The highest BCUT2D eigenvalue weighted by Crippen LogP contribution is 2.30. The maximum atomic E-state index is 5.28. The van der Waals surface area contributed by atoms with Crippen molar-refractivity contribution < 1.29 is 0 Å². The molecule has 1 N–H and O–H groups in total. The van der Waals surface area contributed by atoms with Crippen LogP contribution in [-0.2, 0) is 6.42 Å². The van der Waals surface area contributed by atoms with Gasteiger partial charge < -0.3 is 0 Å². The molecule has 1 aromatic carbocycles. The van der Waals surface area contributed by atoms with E-state index in [2.05, 4.69) is 36.4 Å². The summed E-state index contributed by atoms with van der Waals surface area (Å²) in [5, 5.41) is 3.42. The van der Waals surface area contributed by atoms with Gasteiger partial charge in [-0.15, -0.1) is 6.42 Å². The van der Waals surface area contributed by atoms with Gasteiger partial charge in [-0.05, 0) is 37.3 Å². The average molecular weight is 199 g/mol. The minimum atomic E-state index is 0.463. The molecule has 0 aromatic heterocycles. The van der Waals surface area contributed by atoms with E-state index in [9.17, 15) is 0 Å². The second kappa shape index (κ2) is 4.51. The molecule has 1 unspecified atom stereocenters. The number of hydrogen-bond acceptors (Lipinski definition) is 1. The van der Waals surface area contributed by atoms with Crippen LogP contribution in [0.2, 0.25) is 0 Å². The van der Waals surface area contributed by atoms with Crippen LogP contribution >= 0.6 is 0 Å². The molecular formula is C14H17N. The SMILES string of the molecule is C#CCNC1CCCc2ccc(C)cc21. The van der Waals surface area contributed by atoms with E-state index in [4.69, 9.17) is 6.42 Å². The molecule has 0 saturated heterocycles. The van der Waals surface area contributed by atoms with E-state index in [-0.39, 0.29) is 0 Å². The Balaban J connectivity index is 2.25. The first-order valence-electron chi connectivity index (χ1n) is 5.57. The molecule has 1 heteroatoms. The first kappa shape index (κ1) is 10.3. The van der Waals surface area contributed by atoms with Crippen molar-refractivity contribution >= 4 is 0 Å². The van der Waals surface area contributed by atoms with E-state index in [0.717, 1.165) is 0 Å². The zero-order valence-electron chi connectivity index (χ0n) is 9.22. The molecule has 0 saturated carbocycles. The van der Waals surface area contributed by atoms with Gasteiger partial charge in [-0.25, -0.2) is 0 Å². The van der Waals surface area contributed by atoms with Crippen LogP contribution in [0.1, 0.15) is 35.6 Å². The molecular weight excluding hydrogens is 182 g/mol. The van der Waals surface area contributed by atoms with Crippen molar-refractivity contribution in [1.29, 1.82) is 0 Å². The highest BCUT2D eigenvalue weighted by atomic mass is 14.9. The van der Waals surface area contributed by atoms with Crippen molar-refractivity contribution in [2.24, 2.45) is 0 Å². The summed E-state index contributed by atoms with van der Waals surface area (Å²) < 4.78 is 0. The fourth-order valence-corrected chi connectivity index (χ4v) is 2.31. The predicted octanol–water partition coefficient (Wildman–Crippen LogP) is 2.60. The average Bonchev–Trinajstić information content (AvgIpc) is 2.26. The van der Waals surface area contributed by atoms with Crippen LogP contribution in [-0.4, -0.2) is 6.54 Å². The molecule has 0 aliphatic heterocycles. The highest BCUT2D eigenvalue weighted by Gasteiger charge is 2.18. The Labute approximate surface area is 91.9 Å². The topological polar surface area (TPSA) is 12.0 Å². The Bertz CT molecular complexity index is 387. The summed E-state index contributed by atoms with van der Waals surface area (Å²) >= 11 is 0. The van der Waals surface area contributed by atoms with Gasteiger partial charge in [0.2, 0.25) is 0 Å². The van der Waals surface area contributed by atoms with Gasteiger partial charge in [0.1, 0.15) is 0 Å². The van der Waals surface area contributed by atoms with Gasteiger partial charge in [-0.3, -0.25) is 5.32 Å². The van der Waals surface area contributed by atoms with Crippen LogP contribution < -0.4 is 5.32 Å². The third-order valence-corrected chi connectivity index (χ3v) is 3.07. The second-order valence-corrected chi connectivity index (χ2v) is 4.23. The summed E-state index contributed by atoms with van der Waals surface area (Å²) in [6.45, 7) is 2.81. The van der Waals surface area contributed by atoms with E-state index < -0.39 is 0 Å². The Hall–Kier alpha value is -1.26. The standard InChI is InChI=1S/C14H17N/c1-3-9-15-14-6-4-5-12-8-7-11(2)10-13(12)14/h1,7-8,10,14-15H,4-6,9H2,2H3.